The van der Waals surface area contributed by atoms with Crippen molar-refractivity contribution in [3.63, 3.8) is 0 Å². The molecular weight excluding hydrogens is 324 g/mol. The zero-order chi connectivity index (χ0) is 17.7. The van der Waals surface area contributed by atoms with Crippen LogP contribution in [0.3, 0.4) is 0 Å². The quantitative estimate of drug-likeness (QED) is 0.489. The number of carboxylic acid groups (broad SMARTS) is 1. The summed E-state index contributed by atoms with van der Waals surface area (Å²) in [4.78, 5) is 10.6. The monoisotopic (exact) mass is 336 g/mol. The van der Waals surface area contributed by atoms with Crippen molar-refractivity contribution in [1.29, 1.82) is 0 Å². The Balaban J connectivity index is 2.46. The van der Waals surface area contributed by atoms with Crippen LogP contribution in [0.1, 0.15) is 16.7 Å². The molecule has 0 heterocycles. The van der Waals surface area contributed by atoms with Crippen molar-refractivity contribution < 1.29 is 27.5 Å². The molecule has 2 aromatic rings. The largest absolute Gasteiger partial charge is 0.478 e. The number of hydrogen-bond donors (Lipinski definition) is 1. The number of alkyl halides is 3. The molecule has 0 bridgehead atoms. The van der Waals surface area contributed by atoms with Crippen LogP contribution >= 0.6 is 0 Å². The van der Waals surface area contributed by atoms with Crippen molar-refractivity contribution in [2.45, 2.75) is 6.18 Å². The molecule has 0 unspecified atom stereocenters. The van der Waals surface area contributed by atoms with Gasteiger partial charge in [-0.3, -0.25) is 0 Å². The summed E-state index contributed by atoms with van der Waals surface area (Å²) in [7, 11) is 0. The average Bonchev–Trinajstić information content (AvgIpc) is 2.52. The highest BCUT2D eigenvalue weighted by Crippen LogP contribution is 2.31. The lowest BCUT2D eigenvalue weighted by Gasteiger charge is -2.11. The van der Waals surface area contributed by atoms with Crippen LogP contribution in [0.4, 0.5) is 17.6 Å². The number of aliphatic carboxylic acids is 1. The van der Waals surface area contributed by atoms with Crippen molar-refractivity contribution >= 4 is 11.5 Å². The highest BCUT2D eigenvalue weighted by atomic mass is 19.4. The van der Waals surface area contributed by atoms with Gasteiger partial charge in [0.15, 0.2) is 0 Å². The van der Waals surface area contributed by atoms with E-state index >= 15 is 0 Å². The first kappa shape index (κ1) is 17.5. The van der Waals surface area contributed by atoms with Crippen LogP contribution in [0.25, 0.3) is 5.57 Å². The summed E-state index contributed by atoms with van der Waals surface area (Å²) < 4.78 is 51.0. The maximum absolute atomic E-state index is 13.1. The Bertz CT molecular complexity index is 770. The topological polar surface area (TPSA) is 37.3 Å². The van der Waals surface area contributed by atoms with E-state index in [0.29, 0.717) is 16.7 Å². The summed E-state index contributed by atoms with van der Waals surface area (Å²) in [5.74, 6) is -1.61. The molecule has 0 saturated carbocycles. The molecule has 0 aliphatic rings. The minimum absolute atomic E-state index is 0.449. The molecule has 0 amide bonds. The Morgan fingerprint density at radius 3 is 1.88 bits per heavy atom. The van der Waals surface area contributed by atoms with Gasteiger partial charge in [-0.25, -0.2) is 9.18 Å². The third kappa shape index (κ3) is 4.55. The van der Waals surface area contributed by atoms with E-state index in [0.717, 1.165) is 18.2 Å². The van der Waals surface area contributed by atoms with Gasteiger partial charge in [0.2, 0.25) is 0 Å². The van der Waals surface area contributed by atoms with Crippen LogP contribution in [-0.2, 0) is 11.0 Å². The van der Waals surface area contributed by atoms with Crippen molar-refractivity contribution in [1.82, 2.24) is 0 Å². The van der Waals surface area contributed by atoms with Gasteiger partial charge in [0.25, 0.3) is 0 Å². The molecule has 0 aliphatic heterocycles. The molecular formula is C18H12F4O2. The molecule has 2 rings (SSSR count). The normalized spacial score (nSPS) is 12.6. The molecule has 0 aromatic heterocycles. The average molecular weight is 336 g/mol. The number of halogens is 4. The first-order valence-corrected chi connectivity index (χ1v) is 6.82. The first-order chi connectivity index (χ1) is 11.3. The highest BCUT2D eigenvalue weighted by molar-refractivity contribution is 5.84. The van der Waals surface area contributed by atoms with Crippen molar-refractivity contribution in [2.24, 2.45) is 0 Å². The number of carbonyl (C=O) groups is 1. The van der Waals surface area contributed by atoms with Crippen molar-refractivity contribution in [3.8, 4) is 0 Å². The Kier molecular flexibility index (Phi) is 5.18. The van der Waals surface area contributed by atoms with E-state index in [1.54, 1.807) is 0 Å². The van der Waals surface area contributed by atoms with Gasteiger partial charge in [0, 0.05) is 6.08 Å². The summed E-state index contributed by atoms with van der Waals surface area (Å²) >= 11 is 0. The van der Waals surface area contributed by atoms with Gasteiger partial charge in [-0.1, -0.05) is 36.4 Å². The van der Waals surface area contributed by atoms with E-state index in [1.165, 1.54) is 48.6 Å². The van der Waals surface area contributed by atoms with Gasteiger partial charge in [-0.05, 0) is 41.0 Å². The number of benzene rings is 2. The van der Waals surface area contributed by atoms with Crippen LogP contribution in [0, 0.1) is 5.82 Å². The highest BCUT2D eigenvalue weighted by Gasteiger charge is 2.30. The van der Waals surface area contributed by atoms with Gasteiger partial charge in [-0.15, -0.1) is 0 Å². The Morgan fingerprint density at radius 1 is 0.917 bits per heavy atom. The molecule has 1 N–H and O–H groups in total. The van der Waals surface area contributed by atoms with Gasteiger partial charge >= 0.3 is 12.1 Å². The summed E-state index contributed by atoms with van der Waals surface area (Å²) in [5.41, 5.74) is 0.683. The molecule has 24 heavy (non-hydrogen) atoms. The zero-order valence-corrected chi connectivity index (χ0v) is 12.2. The lowest BCUT2D eigenvalue weighted by atomic mass is 9.96. The smallest absolute Gasteiger partial charge is 0.416 e. The fraction of sp³-hybridized carbons (Fsp3) is 0.0556. The third-order valence-electron chi connectivity index (χ3n) is 3.18. The van der Waals surface area contributed by atoms with E-state index in [-0.39, 0.29) is 0 Å². The molecule has 0 spiro atoms. The fourth-order valence-corrected chi connectivity index (χ4v) is 2.05. The van der Waals surface area contributed by atoms with Gasteiger partial charge in [-0.2, -0.15) is 13.2 Å². The molecule has 124 valence electrons. The second kappa shape index (κ2) is 7.12. The number of carboxylic acids is 1. The van der Waals surface area contributed by atoms with E-state index in [4.69, 9.17) is 5.11 Å². The summed E-state index contributed by atoms with van der Waals surface area (Å²) in [6.45, 7) is 0. The molecule has 6 heteroatoms. The van der Waals surface area contributed by atoms with Gasteiger partial charge in [0.1, 0.15) is 5.82 Å². The Hall–Kier alpha value is -2.89. The maximum Gasteiger partial charge on any atom is 0.416 e. The standard InChI is InChI=1S/C18H12F4O2/c19-15-10-6-13(7-11-15)16(2-1-3-17(23)24)12-4-8-14(9-5-12)18(20,21)22/h1-11H,(H,23,24)/b3-1+,16-2-. The molecule has 0 atom stereocenters. The summed E-state index contributed by atoms with van der Waals surface area (Å²) in [6.07, 6.45) is -0.836. The summed E-state index contributed by atoms with van der Waals surface area (Å²) in [5, 5.41) is 8.64. The van der Waals surface area contributed by atoms with Crippen molar-refractivity contribution in [2.75, 3.05) is 0 Å². The summed E-state index contributed by atoms with van der Waals surface area (Å²) in [6, 6.07) is 9.81. The zero-order valence-electron chi connectivity index (χ0n) is 12.2. The predicted molar refractivity (Wildman–Crippen MR) is 81.7 cm³/mol. The molecule has 0 aliphatic carbocycles. The second-order valence-corrected chi connectivity index (χ2v) is 4.86. The minimum Gasteiger partial charge on any atom is -0.478 e. The van der Waals surface area contributed by atoms with Crippen LogP contribution in [0.5, 0.6) is 0 Å². The Labute approximate surface area is 135 Å². The molecule has 2 nitrogen and oxygen atoms in total. The van der Waals surface area contributed by atoms with Crippen LogP contribution in [0.2, 0.25) is 0 Å². The molecule has 0 radical (unpaired) electrons. The first-order valence-electron chi connectivity index (χ1n) is 6.82. The Morgan fingerprint density at radius 2 is 1.42 bits per heavy atom. The second-order valence-electron chi connectivity index (χ2n) is 4.86. The van der Waals surface area contributed by atoms with Crippen LogP contribution in [-0.4, -0.2) is 11.1 Å². The lowest BCUT2D eigenvalue weighted by Crippen LogP contribution is -2.04. The molecule has 2 aromatic carbocycles. The third-order valence-corrected chi connectivity index (χ3v) is 3.18. The van der Waals surface area contributed by atoms with E-state index in [2.05, 4.69) is 0 Å². The van der Waals surface area contributed by atoms with Gasteiger partial charge in [0.05, 0.1) is 5.56 Å². The van der Waals surface area contributed by atoms with Crippen molar-refractivity contribution in [3.05, 3.63) is 89.3 Å². The SMILES string of the molecule is O=C(O)/C=C/C=C(\c1ccc(F)cc1)c1ccc(C(F)(F)F)cc1. The van der Waals surface area contributed by atoms with Crippen LogP contribution < -0.4 is 0 Å². The fourth-order valence-electron chi connectivity index (χ4n) is 2.05. The lowest BCUT2D eigenvalue weighted by molar-refractivity contribution is -0.137. The number of rotatable bonds is 4. The van der Waals surface area contributed by atoms with E-state index < -0.39 is 23.5 Å². The number of allylic oxidation sites excluding steroid dienone is 2. The maximum atomic E-state index is 13.1. The minimum atomic E-state index is -4.44. The molecule has 0 saturated heterocycles. The van der Waals surface area contributed by atoms with Crippen LogP contribution in [0.15, 0.2) is 66.8 Å². The van der Waals surface area contributed by atoms with Gasteiger partial charge < -0.3 is 5.11 Å². The molecule has 0 fully saturated rings. The van der Waals surface area contributed by atoms with E-state index in [1.807, 2.05) is 0 Å². The number of hydrogen-bond acceptors (Lipinski definition) is 1. The predicted octanol–water partition coefficient (Wildman–Crippen LogP) is 4.92. The van der Waals surface area contributed by atoms with E-state index in [9.17, 15) is 22.4 Å².